The van der Waals surface area contributed by atoms with Gasteiger partial charge in [0.2, 0.25) is 5.91 Å². The second-order valence-corrected chi connectivity index (χ2v) is 8.58. The van der Waals surface area contributed by atoms with E-state index in [1.165, 1.54) is 16.7 Å². The molecule has 3 rings (SSSR count). The summed E-state index contributed by atoms with van der Waals surface area (Å²) in [6, 6.07) is 6.04. The quantitative estimate of drug-likeness (QED) is 0.723. The fourth-order valence-corrected chi connectivity index (χ4v) is 4.32. The van der Waals surface area contributed by atoms with E-state index in [-0.39, 0.29) is 24.0 Å². The lowest BCUT2D eigenvalue weighted by atomic mass is 9.97. The van der Waals surface area contributed by atoms with Gasteiger partial charge < -0.3 is 19.4 Å². The van der Waals surface area contributed by atoms with Gasteiger partial charge in [-0.3, -0.25) is 4.79 Å². The van der Waals surface area contributed by atoms with Gasteiger partial charge >= 0.3 is 6.03 Å². The standard InChI is InChI=1S/C22H33N3O3/c1-15(2)10-20-21(26)23(8-9-28-5)13-19-14-24(22(27)25(19)20)12-18-11-16(3)6-7-17(18)4/h6-7,11,15,19-20H,8-10,12-14H2,1-5H3/t19-,20+/m1/s1. The Kier molecular flexibility index (Phi) is 6.28. The zero-order valence-electron chi connectivity index (χ0n) is 17.8. The maximum Gasteiger partial charge on any atom is 0.321 e. The summed E-state index contributed by atoms with van der Waals surface area (Å²) in [5.41, 5.74) is 3.57. The lowest BCUT2D eigenvalue weighted by molar-refractivity contribution is -0.143. The Morgan fingerprint density at radius 3 is 2.54 bits per heavy atom. The first kappa shape index (κ1) is 20.6. The number of aryl methyl sites for hydroxylation is 2. The van der Waals surface area contributed by atoms with Crippen molar-refractivity contribution in [2.45, 2.75) is 52.7 Å². The highest BCUT2D eigenvalue weighted by molar-refractivity contribution is 5.90. The molecule has 0 saturated carbocycles. The van der Waals surface area contributed by atoms with Crippen LogP contribution in [0.3, 0.4) is 0 Å². The van der Waals surface area contributed by atoms with Crippen molar-refractivity contribution in [2.75, 3.05) is 33.4 Å². The van der Waals surface area contributed by atoms with Gasteiger partial charge in [0.1, 0.15) is 6.04 Å². The van der Waals surface area contributed by atoms with Crippen LogP contribution in [0.4, 0.5) is 4.79 Å². The first-order valence-corrected chi connectivity index (χ1v) is 10.2. The van der Waals surface area contributed by atoms with Crippen LogP contribution in [0.2, 0.25) is 0 Å². The van der Waals surface area contributed by atoms with E-state index >= 15 is 0 Å². The third kappa shape index (κ3) is 4.17. The van der Waals surface area contributed by atoms with E-state index in [1.807, 2.05) is 14.7 Å². The van der Waals surface area contributed by atoms with Crippen molar-refractivity contribution in [2.24, 2.45) is 5.92 Å². The van der Waals surface area contributed by atoms with Gasteiger partial charge in [-0.05, 0) is 37.3 Å². The van der Waals surface area contributed by atoms with E-state index in [0.29, 0.717) is 45.1 Å². The molecule has 2 heterocycles. The van der Waals surface area contributed by atoms with Crippen molar-refractivity contribution in [3.63, 3.8) is 0 Å². The molecule has 2 saturated heterocycles. The molecule has 0 radical (unpaired) electrons. The molecular formula is C22H33N3O3. The molecule has 28 heavy (non-hydrogen) atoms. The van der Waals surface area contributed by atoms with Crippen LogP contribution in [0, 0.1) is 19.8 Å². The largest absolute Gasteiger partial charge is 0.383 e. The molecule has 1 aromatic rings. The Morgan fingerprint density at radius 2 is 1.86 bits per heavy atom. The topological polar surface area (TPSA) is 53.1 Å². The summed E-state index contributed by atoms with van der Waals surface area (Å²) < 4.78 is 5.18. The first-order valence-electron chi connectivity index (χ1n) is 10.2. The van der Waals surface area contributed by atoms with Gasteiger partial charge in [-0.25, -0.2) is 4.79 Å². The van der Waals surface area contributed by atoms with Crippen LogP contribution >= 0.6 is 0 Å². The smallest absolute Gasteiger partial charge is 0.321 e. The molecule has 154 valence electrons. The van der Waals surface area contributed by atoms with Crippen molar-refractivity contribution in [3.05, 3.63) is 34.9 Å². The van der Waals surface area contributed by atoms with Gasteiger partial charge in [-0.1, -0.05) is 37.6 Å². The molecule has 0 spiro atoms. The van der Waals surface area contributed by atoms with Crippen LogP contribution in [-0.2, 0) is 16.1 Å². The molecule has 0 N–H and O–H groups in total. The zero-order valence-corrected chi connectivity index (χ0v) is 17.8. The second-order valence-electron chi connectivity index (χ2n) is 8.58. The molecule has 6 nitrogen and oxygen atoms in total. The van der Waals surface area contributed by atoms with E-state index in [1.54, 1.807) is 7.11 Å². The number of methoxy groups -OCH3 is 1. The zero-order chi connectivity index (χ0) is 20.4. The number of amides is 3. The maximum atomic E-state index is 13.3. The predicted octanol–water partition coefficient (Wildman–Crippen LogP) is 2.81. The minimum absolute atomic E-state index is 0.00343. The number of carbonyl (C=O) groups excluding carboxylic acids is 2. The highest BCUT2D eigenvalue weighted by Gasteiger charge is 2.49. The Morgan fingerprint density at radius 1 is 1.14 bits per heavy atom. The third-order valence-corrected chi connectivity index (χ3v) is 5.81. The summed E-state index contributed by atoms with van der Waals surface area (Å²) in [5.74, 6) is 0.404. The molecule has 1 aromatic carbocycles. The van der Waals surface area contributed by atoms with Gasteiger partial charge in [-0.2, -0.15) is 0 Å². The average molecular weight is 388 g/mol. The lowest BCUT2D eigenvalue weighted by Gasteiger charge is -2.42. The van der Waals surface area contributed by atoms with Gasteiger partial charge in [0, 0.05) is 33.3 Å². The van der Waals surface area contributed by atoms with Crippen molar-refractivity contribution < 1.29 is 14.3 Å². The van der Waals surface area contributed by atoms with E-state index in [4.69, 9.17) is 4.74 Å². The number of urea groups is 1. The molecule has 0 aliphatic carbocycles. The summed E-state index contributed by atoms with van der Waals surface area (Å²) in [7, 11) is 1.65. The van der Waals surface area contributed by atoms with E-state index in [9.17, 15) is 9.59 Å². The Hall–Kier alpha value is -2.08. The number of hydrogen-bond donors (Lipinski definition) is 0. The molecule has 0 unspecified atom stereocenters. The van der Waals surface area contributed by atoms with Crippen LogP contribution in [0.25, 0.3) is 0 Å². The van der Waals surface area contributed by atoms with Crippen LogP contribution in [0.15, 0.2) is 18.2 Å². The Labute approximate surface area is 168 Å². The number of ether oxygens (including phenoxy) is 1. The van der Waals surface area contributed by atoms with Crippen molar-refractivity contribution in [3.8, 4) is 0 Å². The monoisotopic (exact) mass is 387 g/mol. The number of fused-ring (bicyclic) bond motifs is 1. The molecule has 2 fully saturated rings. The van der Waals surface area contributed by atoms with Crippen LogP contribution in [0.1, 0.15) is 37.0 Å². The fourth-order valence-electron chi connectivity index (χ4n) is 4.32. The number of benzene rings is 1. The van der Waals surface area contributed by atoms with E-state index in [2.05, 4.69) is 45.9 Å². The molecular weight excluding hydrogens is 354 g/mol. The molecule has 3 amide bonds. The predicted molar refractivity (Wildman–Crippen MR) is 109 cm³/mol. The summed E-state index contributed by atoms with van der Waals surface area (Å²) in [6.07, 6.45) is 0.696. The summed E-state index contributed by atoms with van der Waals surface area (Å²) in [4.78, 5) is 32.0. The van der Waals surface area contributed by atoms with Crippen LogP contribution in [-0.4, -0.2) is 72.1 Å². The maximum absolute atomic E-state index is 13.3. The highest BCUT2D eigenvalue weighted by atomic mass is 16.5. The van der Waals surface area contributed by atoms with Crippen LogP contribution < -0.4 is 0 Å². The SMILES string of the molecule is COCCN1C[C@@H]2CN(Cc3cc(C)ccc3C)C(=O)N2[C@@H](CC(C)C)C1=O. The lowest BCUT2D eigenvalue weighted by Crippen LogP contribution is -2.61. The number of piperazine rings is 1. The van der Waals surface area contributed by atoms with Gasteiger partial charge in [-0.15, -0.1) is 0 Å². The molecule has 0 aromatic heterocycles. The van der Waals surface area contributed by atoms with Crippen molar-refractivity contribution >= 4 is 11.9 Å². The fraction of sp³-hybridized carbons (Fsp3) is 0.636. The normalized spacial score (nSPS) is 22.4. The minimum atomic E-state index is -0.369. The summed E-state index contributed by atoms with van der Waals surface area (Å²) >= 11 is 0. The molecule has 6 heteroatoms. The van der Waals surface area contributed by atoms with Crippen molar-refractivity contribution in [1.29, 1.82) is 0 Å². The summed E-state index contributed by atoms with van der Waals surface area (Å²) in [5, 5.41) is 0. The van der Waals surface area contributed by atoms with Crippen LogP contribution in [0.5, 0.6) is 0 Å². The molecule has 2 aliphatic rings. The Bertz CT molecular complexity index is 734. The Balaban J connectivity index is 1.82. The second kappa shape index (κ2) is 8.52. The van der Waals surface area contributed by atoms with E-state index in [0.717, 1.165) is 0 Å². The first-order chi connectivity index (χ1) is 13.3. The number of hydrogen-bond acceptors (Lipinski definition) is 3. The number of rotatable bonds is 7. The summed E-state index contributed by atoms with van der Waals surface area (Å²) in [6.45, 7) is 11.3. The van der Waals surface area contributed by atoms with E-state index < -0.39 is 0 Å². The molecule has 0 bridgehead atoms. The molecule has 2 atom stereocenters. The number of nitrogens with zero attached hydrogens (tertiary/aromatic N) is 3. The van der Waals surface area contributed by atoms with Gasteiger partial charge in [0.05, 0.1) is 12.6 Å². The van der Waals surface area contributed by atoms with Crippen molar-refractivity contribution in [1.82, 2.24) is 14.7 Å². The minimum Gasteiger partial charge on any atom is -0.383 e. The van der Waals surface area contributed by atoms with Gasteiger partial charge in [0.15, 0.2) is 0 Å². The van der Waals surface area contributed by atoms with Gasteiger partial charge in [0.25, 0.3) is 0 Å². The third-order valence-electron chi connectivity index (χ3n) is 5.81. The average Bonchev–Trinajstić information content (AvgIpc) is 2.94. The highest BCUT2D eigenvalue weighted by Crippen LogP contribution is 2.30. The number of carbonyl (C=O) groups is 2. The molecule has 2 aliphatic heterocycles.